The zero-order valence-electron chi connectivity index (χ0n) is 16.3. The Morgan fingerprint density at radius 3 is 2.63 bits per heavy atom. The summed E-state index contributed by atoms with van der Waals surface area (Å²) in [6, 6.07) is 11.0. The van der Waals surface area contributed by atoms with Gasteiger partial charge in [-0.15, -0.1) is 0 Å². The van der Waals surface area contributed by atoms with Crippen molar-refractivity contribution in [2.75, 3.05) is 13.1 Å². The Morgan fingerprint density at radius 2 is 1.97 bits per heavy atom. The molecule has 0 unspecified atom stereocenters. The summed E-state index contributed by atoms with van der Waals surface area (Å²) in [5.74, 6) is -2.02. The molecule has 1 amide bonds. The molecule has 0 saturated carbocycles. The second kappa shape index (κ2) is 8.65. The molecule has 0 aliphatic carbocycles. The Kier molecular flexibility index (Phi) is 5.97. The number of aromatic nitrogens is 2. The standard InChI is InChI=1S/C22H21BrF2N4O/c1-29-21(17(23)11-27-29)13-2-4-14(5-3-13)22(30)28-20-12-26-9-8-16(20)15-6-7-18(24)19(25)10-15/h2-7,10-11,16,20,26H,8-9,12H2,1H3,(H,28,30)/t16-,20+/m0/s1. The van der Waals surface area contributed by atoms with Crippen molar-refractivity contribution in [3.8, 4) is 11.3 Å². The minimum atomic E-state index is -0.868. The van der Waals surface area contributed by atoms with Gasteiger partial charge in [0.15, 0.2) is 11.6 Å². The Bertz CT molecular complexity index is 1050. The number of benzene rings is 2. The Morgan fingerprint density at radius 1 is 1.20 bits per heavy atom. The summed E-state index contributed by atoms with van der Waals surface area (Å²) < 4.78 is 29.7. The highest BCUT2D eigenvalue weighted by molar-refractivity contribution is 9.10. The van der Waals surface area contributed by atoms with E-state index >= 15 is 0 Å². The molecular formula is C22H21BrF2N4O. The van der Waals surface area contributed by atoms with Gasteiger partial charge in [0.05, 0.1) is 16.4 Å². The summed E-state index contributed by atoms with van der Waals surface area (Å²) in [5, 5.41) is 10.5. The predicted molar refractivity (Wildman–Crippen MR) is 114 cm³/mol. The van der Waals surface area contributed by atoms with Gasteiger partial charge in [-0.3, -0.25) is 9.48 Å². The Balaban J connectivity index is 1.51. The normalized spacial score (nSPS) is 18.9. The second-order valence-corrected chi connectivity index (χ2v) is 8.25. The van der Waals surface area contributed by atoms with Crippen molar-refractivity contribution >= 4 is 21.8 Å². The van der Waals surface area contributed by atoms with Crippen molar-refractivity contribution in [2.24, 2.45) is 7.05 Å². The van der Waals surface area contributed by atoms with E-state index in [-0.39, 0.29) is 17.9 Å². The van der Waals surface area contributed by atoms with Crippen LogP contribution in [0.5, 0.6) is 0 Å². The maximum Gasteiger partial charge on any atom is 0.251 e. The maximum atomic E-state index is 13.7. The minimum Gasteiger partial charge on any atom is -0.347 e. The van der Waals surface area contributed by atoms with E-state index in [0.29, 0.717) is 17.7 Å². The van der Waals surface area contributed by atoms with Crippen molar-refractivity contribution in [2.45, 2.75) is 18.4 Å². The highest BCUT2D eigenvalue weighted by Gasteiger charge is 2.28. The minimum absolute atomic E-state index is 0.0880. The van der Waals surface area contributed by atoms with Crippen LogP contribution in [-0.2, 0) is 7.05 Å². The van der Waals surface area contributed by atoms with Gasteiger partial charge in [0.25, 0.3) is 5.91 Å². The molecule has 2 aromatic carbocycles. The van der Waals surface area contributed by atoms with E-state index in [2.05, 4.69) is 31.7 Å². The first-order chi connectivity index (χ1) is 14.4. The van der Waals surface area contributed by atoms with Gasteiger partial charge in [0.2, 0.25) is 0 Å². The van der Waals surface area contributed by atoms with Crippen LogP contribution < -0.4 is 10.6 Å². The van der Waals surface area contributed by atoms with Crippen molar-refractivity contribution in [3.63, 3.8) is 0 Å². The van der Waals surface area contributed by atoms with Gasteiger partial charge >= 0.3 is 0 Å². The van der Waals surface area contributed by atoms with Gasteiger partial charge in [-0.25, -0.2) is 8.78 Å². The number of hydrogen-bond acceptors (Lipinski definition) is 3. The molecule has 5 nitrogen and oxygen atoms in total. The summed E-state index contributed by atoms with van der Waals surface area (Å²) >= 11 is 3.49. The number of aryl methyl sites for hydroxylation is 1. The van der Waals surface area contributed by atoms with Gasteiger partial charge in [-0.2, -0.15) is 5.10 Å². The number of nitrogens with one attached hydrogen (secondary N) is 2. The Labute approximate surface area is 181 Å². The van der Waals surface area contributed by atoms with Crippen molar-refractivity contribution in [1.29, 1.82) is 0 Å². The second-order valence-electron chi connectivity index (χ2n) is 7.39. The van der Waals surface area contributed by atoms with Crippen molar-refractivity contribution < 1.29 is 13.6 Å². The smallest absolute Gasteiger partial charge is 0.251 e. The number of hydrogen-bond donors (Lipinski definition) is 2. The molecule has 3 aromatic rings. The van der Waals surface area contributed by atoms with E-state index in [4.69, 9.17) is 0 Å². The molecule has 1 saturated heterocycles. The topological polar surface area (TPSA) is 59.0 Å². The molecule has 8 heteroatoms. The number of halogens is 3. The van der Waals surface area contributed by atoms with Crippen LogP contribution in [0.25, 0.3) is 11.3 Å². The number of piperidine rings is 1. The van der Waals surface area contributed by atoms with E-state index in [1.54, 1.807) is 29.1 Å². The molecule has 4 rings (SSSR count). The van der Waals surface area contributed by atoms with Gasteiger partial charge < -0.3 is 10.6 Å². The van der Waals surface area contributed by atoms with E-state index in [9.17, 15) is 13.6 Å². The lowest BCUT2D eigenvalue weighted by molar-refractivity contribution is 0.0924. The fourth-order valence-electron chi connectivity index (χ4n) is 3.92. The van der Waals surface area contributed by atoms with Gasteiger partial charge in [-0.05, 0) is 58.7 Å². The van der Waals surface area contributed by atoms with Gasteiger partial charge in [-0.1, -0.05) is 18.2 Å². The molecule has 0 bridgehead atoms. The number of carbonyl (C=O) groups is 1. The number of rotatable bonds is 4. The molecular weight excluding hydrogens is 454 g/mol. The highest BCUT2D eigenvalue weighted by atomic mass is 79.9. The van der Waals surface area contributed by atoms with Crippen LogP contribution >= 0.6 is 15.9 Å². The van der Waals surface area contributed by atoms with Gasteiger partial charge in [0.1, 0.15) is 0 Å². The highest BCUT2D eigenvalue weighted by Crippen LogP contribution is 2.29. The van der Waals surface area contributed by atoms with Gasteiger partial charge in [0, 0.05) is 36.7 Å². The molecule has 1 aliphatic rings. The summed E-state index contributed by atoms with van der Waals surface area (Å²) in [4.78, 5) is 12.8. The first kappa shape index (κ1) is 20.7. The summed E-state index contributed by atoms with van der Waals surface area (Å²) in [7, 11) is 1.86. The lowest BCUT2D eigenvalue weighted by atomic mass is 9.85. The van der Waals surface area contributed by atoms with E-state index in [0.717, 1.165) is 34.8 Å². The first-order valence-electron chi connectivity index (χ1n) is 9.68. The molecule has 30 heavy (non-hydrogen) atoms. The SMILES string of the molecule is Cn1ncc(Br)c1-c1ccc(C(=O)N[C@@H]2CNCC[C@H]2c2ccc(F)c(F)c2)cc1. The Hall–Kier alpha value is -2.58. The largest absolute Gasteiger partial charge is 0.347 e. The van der Waals surface area contributed by atoms with E-state index in [1.165, 1.54) is 6.07 Å². The van der Waals surface area contributed by atoms with Crippen LogP contribution in [0.3, 0.4) is 0 Å². The quantitative estimate of drug-likeness (QED) is 0.600. The average Bonchev–Trinajstić information content (AvgIpc) is 3.08. The summed E-state index contributed by atoms with van der Waals surface area (Å²) in [5.41, 5.74) is 3.10. The third-order valence-electron chi connectivity index (χ3n) is 5.49. The molecule has 0 spiro atoms. The number of carbonyl (C=O) groups excluding carboxylic acids is 1. The van der Waals surface area contributed by atoms with Crippen LogP contribution in [-0.4, -0.2) is 34.8 Å². The van der Waals surface area contributed by atoms with Crippen molar-refractivity contribution in [3.05, 3.63) is 75.9 Å². The molecule has 1 aliphatic heterocycles. The molecule has 1 fully saturated rings. The first-order valence-corrected chi connectivity index (χ1v) is 10.5. The molecule has 2 atom stereocenters. The lowest BCUT2D eigenvalue weighted by Crippen LogP contribution is -2.50. The number of amides is 1. The average molecular weight is 475 g/mol. The third-order valence-corrected chi connectivity index (χ3v) is 6.07. The molecule has 0 radical (unpaired) electrons. The molecule has 2 N–H and O–H groups in total. The van der Waals surface area contributed by atoms with Crippen molar-refractivity contribution in [1.82, 2.24) is 20.4 Å². The molecule has 2 heterocycles. The van der Waals surface area contributed by atoms with E-state index in [1.807, 2.05) is 19.2 Å². The molecule has 1 aromatic heterocycles. The van der Waals surface area contributed by atoms with Crippen LogP contribution in [0.15, 0.2) is 53.1 Å². The molecule has 156 valence electrons. The zero-order chi connectivity index (χ0) is 21.3. The van der Waals surface area contributed by atoms with Crippen LogP contribution in [0.2, 0.25) is 0 Å². The monoisotopic (exact) mass is 474 g/mol. The zero-order valence-corrected chi connectivity index (χ0v) is 17.9. The summed E-state index contributed by atoms with van der Waals surface area (Å²) in [6.45, 7) is 1.32. The van der Waals surface area contributed by atoms with Crippen LogP contribution in [0, 0.1) is 11.6 Å². The predicted octanol–water partition coefficient (Wildman–Crippen LogP) is 4.00. The fourth-order valence-corrected chi connectivity index (χ4v) is 4.50. The van der Waals surface area contributed by atoms with Crippen LogP contribution in [0.4, 0.5) is 8.78 Å². The fraction of sp³-hybridized carbons (Fsp3) is 0.273. The number of nitrogens with zero attached hydrogens (tertiary/aromatic N) is 2. The van der Waals surface area contributed by atoms with Crippen LogP contribution in [0.1, 0.15) is 28.3 Å². The summed E-state index contributed by atoms with van der Waals surface area (Å²) in [6.07, 6.45) is 2.45. The maximum absolute atomic E-state index is 13.7. The van der Waals surface area contributed by atoms with E-state index < -0.39 is 11.6 Å². The third kappa shape index (κ3) is 4.15. The lowest BCUT2D eigenvalue weighted by Gasteiger charge is -2.33.